The second-order valence-corrected chi connectivity index (χ2v) is 7.11. The van der Waals surface area contributed by atoms with E-state index in [9.17, 15) is 4.79 Å². The highest BCUT2D eigenvalue weighted by molar-refractivity contribution is 5.93. The zero-order valence-corrected chi connectivity index (χ0v) is 16.4. The number of amides is 1. The van der Waals surface area contributed by atoms with Crippen molar-refractivity contribution in [1.82, 2.24) is 9.97 Å². The molecule has 0 radical (unpaired) electrons. The molecule has 0 bridgehead atoms. The Hall–Kier alpha value is -3.41. The van der Waals surface area contributed by atoms with Crippen LogP contribution in [0, 0.1) is 5.92 Å². The summed E-state index contributed by atoms with van der Waals surface area (Å²) in [5.74, 6) is 1.61. The highest BCUT2D eigenvalue weighted by atomic mass is 16.5. The summed E-state index contributed by atoms with van der Waals surface area (Å²) in [5, 5.41) is 3.09. The monoisotopic (exact) mass is 388 g/mol. The molecule has 3 aromatic rings. The quantitative estimate of drug-likeness (QED) is 0.715. The van der Waals surface area contributed by atoms with Gasteiger partial charge in [0.2, 0.25) is 11.9 Å². The van der Waals surface area contributed by atoms with E-state index in [1.54, 1.807) is 19.5 Å². The van der Waals surface area contributed by atoms with Crippen molar-refractivity contribution >= 4 is 17.5 Å². The van der Waals surface area contributed by atoms with Crippen LogP contribution >= 0.6 is 0 Å². The molecule has 0 saturated carbocycles. The minimum atomic E-state index is -0.00422. The molecule has 2 heterocycles. The number of anilines is 2. The van der Waals surface area contributed by atoms with E-state index in [0.717, 1.165) is 54.4 Å². The fraction of sp³-hybridized carbons (Fsp3) is 0.261. The number of carbonyl (C=O) groups is 1. The van der Waals surface area contributed by atoms with Gasteiger partial charge in [0.25, 0.3) is 0 Å². The van der Waals surface area contributed by atoms with Crippen molar-refractivity contribution in [2.45, 2.75) is 12.8 Å². The van der Waals surface area contributed by atoms with E-state index in [2.05, 4.69) is 20.2 Å². The lowest BCUT2D eigenvalue weighted by molar-refractivity contribution is -0.120. The number of nitrogens with zero attached hydrogens (tertiary/aromatic N) is 3. The molecule has 4 rings (SSSR count). The van der Waals surface area contributed by atoms with Crippen LogP contribution in [0.1, 0.15) is 12.8 Å². The highest BCUT2D eigenvalue weighted by Gasteiger charge is 2.26. The standard InChI is InChI=1S/C23H24N4O2/c1-29-21-8-3-6-19(16-21)18-5-2-7-20(15-18)26-22(28)17-9-13-27(14-10-17)23-24-11-4-12-25-23/h2-8,11-12,15-17H,9-10,13-14H2,1H3,(H,26,28). The maximum atomic E-state index is 12.8. The molecule has 0 atom stereocenters. The van der Waals surface area contributed by atoms with Crippen molar-refractivity contribution < 1.29 is 9.53 Å². The van der Waals surface area contributed by atoms with Gasteiger partial charge in [0.1, 0.15) is 5.75 Å². The molecule has 1 N–H and O–H groups in total. The first-order valence-electron chi connectivity index (χ1n) is 9.80. The van der Waals surface area contributed by atoms with Gasteiger partial charge in [-0.05, 0) is 54.3 Å². The molecule has 1 amide bonds. The molecule has 1 saturated heterocycles. The topological polar surface area (TPSA) is 67.3 Å². The van der Waals surface area contributed by atoms with Gasteiger partial charge in [-0.3, -0.25) is 4.79 Å². The first kappa shape index (κ1) is 18.9. The summed E-state index contributed by atoms with van der Waals surface area (Å²) < 4.78 is 5.31. The van der Waals surface area contributed by atoms with Gasteiger partial charge in [0.15, 0.2) is 0 Å². The predicted octanol–water partition coefficient (Wildman–Crippen LogP) is 4.01. The summed E-state index contributed by atoms with van der Waals surface area (Å²) in [6, 6.07) is 17.6. The van der Waals surface area contributed by atoms with Crippen molar-refractivity contribution in [3.8, 4) is 16.9 Å². The number of ether oxygens (including phenoxy) is 1. The van der Waals surface area contributed by atoms with E-state index in [1.807, 2.05) is 54.6 Å². The van der Waals surface area contributed by atoms with Gasteiger partial charge in [-0.25, -0.2) is 9.97 Å². The van der Waals surface area contributed by atoms with E-state index >= 15 is 0 Å². The lowest BCUT2D eigenvalue weighted by Crippen LogP contribution is -2.39. The molecule has 0 spiro atoms. The largest absolute Gasteiger partial charge is 0.497 e. The van der Waals surface area contributed by atoms with Crippen molar-refractivity contribution in [1.29, 1.82) is 0 Å². The van der Waals surface area contributed by atoms with E-state index in [1.165, 1.54) is 0 Å². The fourth-order valence-electron chi connectivity index (χ4n) is 3.62. The Bertz CT molecular complexity index is 969. The number of hydrogen-bond acceptors (Lipinski definition) is 5. The Balaban J connectivity index is 1.39. The molecule has 1 aromatic heterocycles. The highest BCUT2D eigenvalue weighted by Crippen LogP contribution is 2.27. The lowest BCUT2D eigenvalue weighted by Gasteiger charge is -2.31. The Morgan fingerprint density at radius 1 is 1.00 bits per heavy atom. The average Bonchev–Trinajstić information content (AvgIpc) is 2.80. The van der Waals surface area contributed by atoms with E-state index in [4.69, 9.17) is 4.74 Å². The molecule has 0 aliphatic carbocycles. The Labute approximate surface area is 170 Å². The molecule has 2 aromatic carbocycles. The number of piperidine rings is 1. The van der Waals surface area contributed by atoms with Crippen LogP contribution in [0.3, 0.4) is 0 Å². The van der Waals surface area contributed by atoms with Crippen LogP contribution in [0.25, 0.3) is 11.1 Å². The fourth-order valence-corrected chi connectivity index (χ4v) is 3.62. The minimum Gasteiger partial charge on any atom is -0.497 e. The summed E-state index contributed by atoms with van der Waals surface area (Å²) >= 11 is 0. The van der Waals surface area contributed by atoms with Gasteiger partial charge in [0, 0.05) is 37.1 Å². The predicted molar refractivity (Wildman–Crippen MR) is 114 cm³/mol. The van der Waals surface area contributed by atoms with Gasteiger partial charge >= 0.3 is 0 Å². The van der Waals surface area contributed by atoms with Crippen LogP contribution in [0.4, 0.5) is 11.6 Å². The molecule has 6 heteroatoms. The maximum Gasteiger partial charge on any atom is 0.227 e. The van der Waals surface area contributed by atoms with Gasteiger partial charge < -0.3 is 15.0 Å². The molecular weight excluding hydrogens is 364 g/mol. The summed E-state index contributed by atoms with van der Waals surface area (Å²) in [5.41, 5.74) is 2.90. The number of benzene rings is 2. The first-order valence-corrected chi connectivity index (χ1v) is 9.80. The number of aromatic nitrogens is 2. The summed E-state index contributed by atoms with van der Waals surface area (Å²) in [6.45, 7) is 1.57. The number of nitrogens with one attached hydrogen (secondary N) is 1. The van der Waals surface area contributed by atoms with Gasteiger partial charge in [0.05, 0.1) is 7.11 Å². The number of methoxy groups -OCH3 is 1. The molecule has 6 nitrogen and oxygen atoms in total. The lowest BCUT2D eigenvalue weighted by atomic mass is 9.96. The van der Waals surface area contributed by atoms with Gasteiger partial charge in [-0.1, -0.05) is 24.3 Å². The molecule has 1 aliphatic heterocycles. The molecule has 0 unspecified atom stereocenters. The van der Waals surface area contributed by atoms with Crippen LogP contribution in [-0.4, -0.2) is 36.1 Å². The average molecular weight is 388 g/mol. The van der Waals surface area contributed by atoms with Crippen molar-refractivity contribution in [3.63, 3.8) is 0 Å². The van der Waals surface area contributed by atoms with Crippen LogP contribution < -0.4 is 15.0 Å². The molecule has 148 valence electrons. The first-order chi connectivity index (χ1) is 14.2. The van der Waals surface area contributed by atoms with Crippen molar-refractivity contribution in [3.05, 3.63) is 67.0 Å². The normalized spacial score (nSPS) is 14.4. The van der Waals surface area contributed by atoms with Crippen LogP contribution in [0.2, 0.25) is 0 Å². The molecule has 29 heavy (non-hydrogen) atoms. The smallest absolute Gasteiger partial charge is 0.227 e. The van der Waals surface area contributed by atoms with E-state index in [0.29, 0.717) is 0 Å². The van der Waals surface area contributed by atoms with Crippen molar-refractivity contribution in [2.75, 3.05) is 30.4 Å². The number of rotatable bonds is 5. The summed E-state index contributed by atoms with van der Waals surface area (Å²) in [7, 11) is 1.66. The second-order valence-electron chi connectivity index (χ2n) is 7.11. The zero-order chi connectivity index (χ0) is 20.1. The summed E-state index contributed by atoms with van der Waals surface area (Å²) in [6.07, 6.45) is 5.08. The van der Waals surface area contributed by atoms with E-state index < -0.39 is 0 Å². The Kier molecular flexibility index (Phi) is 5.70. The number of carbonyl (C=O) groups excluding carboxylic acids is 1. The maximum absolute atomic E-state index is 12.8. The van der Waals surface area contributed by atoms with Gasteiger partial charge in [-0.15, -0.1) is 0 Å². The minimum absolute atomic E-state index is 0.00422. The Morgan fingerprint density at radius 2 is 1.69 bits per heavy atom. The van der Waals surface area contributed by atoms with Crippen LogP contribution in [0.15, 0.2) is 67.0 Å². The third-order valence-electron chi connectivity index (χ3n) is 5.23. The SMILES string of the molecule is COc1cccc(-c2cccc(NC(=O)C3CCN(c4ncccn4)CC3)c2)c1. The molecular formula is C23H24N4O2. The third kappa shape index (κ3) is 4.54. The van der Waals surface area contributed by atoms with Crippen LogP contribution in [0.5, 0.6) is 5.75 Å². The van der Waals surface area contributed by atoms with E-state index in [-0.39, 0.29) is 11.8 Å². The zero-order valence-electron chi connectivity index (χ0n) is 16.4. The molecule has 1 fully saturated rings. The second kappa shape index (κ2) is 8.73. The molecule has 1 aliphatic rings. The summed E-state index contributed by atoms with van der Waals surface area (Å²) in [4.78, 5) is 23.5. The van der Waals surface area contributed by atoms with Crippen LogP contribution in [-0.2, 0) is 4.79 Å². The van der Waals surface area contributed by atoms with Gasteiger partial charge in [-0.2, -0.15) is 0 Å². The Morgan fingerprint density at radius 3 is 2.41 bits per heavy atom. The number of hydrogen-bond donors (Lipinski definition) is 1. The third-order valence-corrected chi connectivity index (χ3v) is 5.23. The van der Waals surface area contributed by atoms with Crippen molar-refractivity contribution in [2.24, 2.45) is 5.92 Å².